The molecular formula is C63H77B2Br2F6LiN6O11. The van der Waals surface area contributed by atoms with Gasteiger partial charge in [0.2, 0.25) is 0 Å². The maximum atomic E-state index is 13.8. The number of aliphatic imine (C=N–C) groups is 2. The Hall–Kier alpha value is -5.43. The van der Waals surface area contributed by atoms with Gasteiger partial charge in [-0.2, -0.15) is 6.42 Å². The molecule has 11 rings (SSSR count). The van der Waals surface area contributed by atoms with Crippen LogP contribution in [0.2, 0.25) is 0 Å². The summed E-state index contributed by atoms with van der Waals surface area (Å²) >= 11 is 6.46. The van der Waals surface area contributed by atoms with Gasteiger partial charge >= 0.3 is 33.3 Å². The standard InChI is InChI=1S/C22H21F2N3O3.C16H18BrN3O3.C9H21BO3.C6H5BF2O2.C6H3BrF2.C4H9.Li/c1-27-19(28)22(26-20(27)25)11-21(7-2-8-29-12-21)30-18-6-4-13(9-15(18)22)14-3-5-16(23)17(24)10-14;1-20-13(21)16(19-14(20)18)8-15(5-2-6-22-9-15)23-12-4-3-10(17)7-11(12)16;1-7(2)11-10(12-8(3)4)13-9(5)6;8-5-2-1-4(7(10)11)3-6(5)9;7-4-1-2-5(8)6(9)3-4;1-3-4-2;/h3-6,9-10H,2,7-8,11-12H2,1H3,(H2,25,26);3-4,7H,2,5-6,8-9H2,1H3,(H2,18,19);7-9H,1-6H3;1-3,10-11H;1-3H;1,3-4H2,2H3;/q;;;;;-1;+1. The monoisotopic (exact) mass is 1390 g/mol. The number of unbranched alkanes of at least 4 members (excludes halogenated alkanes) is 1. The van der Waals surface area contributed by atoms with Crippen molar-refractivity contribution in [3.8, 4) is 22.6 Å². The smallest absolute Gasteiger partial charge is 0.484 e. The van der Waals surface area contributed by atoms with Crippen LogP contribution in [0.1, 0.15) is 111 Å². The summed E-state index contributed by atoms with van der Waals surface area (Å²) in [5.41, 5.74) is 10.9. The van der Waals surface area contributed by atoms with Gasteiger partial charge in [0.1, 0.15) is 22.7 Å². The average Bonchev–Trinajstić information content (AvgIpc) is 1.68. The summed E-state index contributed by atoms with van der Waals surface area (Å²) in [6.45, 7) is 19.7. The Balaban J connectivity index is 0.000000218. The van der Waals surface area contributed by atoms with Gasteiger partial charge in [-0.25, -0.2) is 36.3 Å². The molecule has 91 heavy (non-hydrogen) atoms. The molecule has 0 saturated carbocycles. The third-order valence-electron chi connectivity index (χ3n) is 14.7. The van der Waals surface area contributed by atoms with Crippen molar-refractivity contribution in [2.24, 2.45) is 21.5 Å². The summed E-state index contributed by atoms with van der Waals surface area (Å²) in [6.07, 6.45) is 6.69. The van der Waals surface area contributed by atoms with E-state index in [4.69, 9.17) is 54.4 Å². The number of carbonyl (C=O) groups excluding carboxylic acids is 2. The molecule has 0 bridgehead atoms. The zero-order valence-corrected chi connectivity index (χ0v) is 55.9. The van der Waals surface area contributed by atoms with Crippen molar-refractivity contribution < 1.29 is 97.8 Å². The van der Waals surface area contributed by atoms with Crippen LogP contribution in [0.5, 0.6) is 11.5 Å². The van der Waals surface area contributed by atoms with E-state index in [-0.39, 0.29) is 66.4 Å². The van der Waals surface area contributed by atoms with Crippen LogP contribution in [0.4, 0.5) is 26.3 Å². The zero-order valence-electron chi connectivity index (χ0n) is 52.8. The number of amides is 2. The molecule has 6 heterocycles. The van der Waals surface area contributed by atoms with Gasteiger partial charge in [0.15, 0.2) is 57.9 Å². The molecule has 488 valence electrons. The number of ether oxygens (including phenoxy) is 4. The number of carbonyl (C=O) groups is 2. The van der Waals surface area contributed by atoms with Crippen LogP contribution in [0.3, 0.4) is 0 Å². The van der Waals surface area contributed by atoms with Crippen LogP contribution in [-0.2, 0) is 44.1 Å². The van der Waals surface area contributed by atoms with E-state index in [0.717, 1.165) is 91.2 Å². The predicted octanol–water partition coefficient (Wildman–Crippen LogP) is 7.95. The normalized spacial score (nSPS) is 21.7. The maximum Gasteiger partial charge on any atom is 1.00 e. The fourth-order valence-electron chi connectivity index (χ4n) is 10.4. The zero-order chi connectivity index (χ0) is 66.5. The van der Waals surface area contributed by atoms with Crippen LogP contribution in [-0.4, -0.2) is 128 Å². The van der Waals surface area contributed by atoms with Crippen molar-refractivity contribution in [2.75, 3.05) is 40.5 Å². The van der Waals surface area contributed by atoms with E-state index in [1.807, 2.05) is 59.7 Å². The third-order valence-corrected chi connectivity index (χ3v) is 15.7. The SMILES string of the molecule is CC(C)OB(OC(C)C)OC(C)C.CN1C(=O)C2(CC3(CCCOC3)Oc3ccc(-c4ccc(F)c(F)c4)cc32)N=C1N.CN1C(=O)C2(CC3(CCCOC3)Oc3ccc(Br)cc32)N=C1N.Fc1ccc(Br)cc1F.OB(O)c1ccc(F)c(F)c1.[CH2-]CCC.[Li+]. The summed E-state index contributed by atoms with van der Waals surface area (Å²) in [6, 6.07) is 20.9. The largest absolute Gasteiger partial charge is 1.00 e. The second kappa shape index (κ2) is 33.6. The number of fused-ring (bicyclic) bond motifs is 4. The molecule has 5 aromatic rings. The van der Waals surface area contributed by atoms with Gasteiger partial charge in [-0.3, -0.25) is 19.4 Å². The summed E-state index contributed by atoms with van der Waals surface area (Å²) in [7, 11) is 0.951. The number of benzene rings is 5. The van der Waals surface area contributed by atoms with Crippen LogP contribution in [0.15, 0.2) is 110 Å². The first-order chi connectivity index (χ1) is 42.4. The number of likely N-dealkylation sites (N-methyl/N-ethyl adjacent to an activating group) is 2. The van der Waals surface area contributed by atoms with E-state index < -0.39 is 71.6 Å². The van der Waals surface area contributed by atoms with E-state index >= 15 is 0 Å². The van der Waals surface area contributed by atoms with Crippen molar-refractivity contribution in [1.82, 2.24) is 9.80 Å². The van der Waals surface area contributed by atoms with E-state index in [1.165, 1.54) is 28.4 Å². The first-order valence-electron chi connectivity index (χ1n) is 29.3. The van der Waals surface area contributed by atoms with Crippen molar-refractivity contribution in [3.05, 3.63) is 153 Å². The molecule has 2 amide bonds. The molecule has 4 atom stereocenters. The number of rotatable bonds is 9. The first-order valence-corrected chi connectivity index (χ1v) is 30.9. The van der Waals surface area contributed by atoms with Gasteiger partial charge < -0.3 is 61.3 Å². The third kappa shape index (κ3) is 19.4. The molecule has 17 nitrogen and oxygen atoms in total. The second-order valence-corrected chi connectivity index (χ2v) is 24.7. The maximum absolute atomic E-state index is 13.8. The van der Waals surface area contributed by atoms with E-state index in [9.17, 15) is 35.9 Å². The van der Waals surface area contributed by atoms with Crippen LogP contribution >= 0.6 is 31.9 Å². The number of hydrogen-bond donors (Lipinski definition) is 4. The summed E-state index contributed by atoms with van der Waals surface area (Å²) < 4.78 is 118. The van der Waals surface area contributed by atoms with Crippen molar-refractivity contribution in [2.45, 2.75) is 140 Å². The molecule has 28 heteroatoms. The molecule has 4 unspecified atom stereocenters. The van der Waals surface area contributed by atoms with E-state index in [1.54, 1.807) is 32.3 Å². The molecule has 2 fully saturated rings. The summed E-state index contributed by atoms with van der Waals surface area (Å²) in [4.78, 5) is 38.3. The van der Waals surface area contributed by atoms with Crippen molar-refractivity contribution >= 4 is 75.5 Å². The van der Waals surface area contributed by atoms with Crippen LogP contribution in [0, 0.1) is 41.8 Å². The van der Waals surface area contributed by atoms with Gasteiger partial charge in [-0.1, -0.05) is 63.4 Å². The summed E-state index contributed by atoms with van der Waals surface area (Å²) in [5, 5.41) is 17.0. The van der Waals surface area contributed by atoms with Gasteiger partial charge in [-0.05, 0) is 157 Å². The number of guanidine groups is 2. The van der Waals surface area contributed by atoms with E-state index in [2.05, 4.69) is 55.7 Å². The number of nitrogens with zero attached hydrogens (tertiary/aromatic N) is 4. The molecule has 6 aliphatic rings. The topological polar surface area (TPSA) is 222 Å². The van der Waals surface area contributed by atoms with Crippen molar-refractivity contribution in [3.63, 3.8) is 0 Å². The molecule has 2 saturated heterocycles. The van der Waals surface area contributed by atoms with Crippen LogP contribution < -0.4 is 45.3 Å². The first kappa shape index (κ1) is 76.3. The van der Waals surface area contributed by atoms with Gasteiger partial charge in [0.25, 0.3) is 11.8 Å². The minimum atomic E-state index is -1.76. The fraction of sp³-hybridized carbons (Fsp3) is 0.444. The Morgan fingerprint density at radius 2 is 0.989 bits per heavy atom. The molecular weight excluding hydrogens is 1320 g/mol. The molecule has 4 spiro atoms. The predicted molar refractivity (Wildman–Crippen MR) is 339 cm³/mol. The van der Waals surface area contributed by atoms with E-state index in [0.29, 0.717) is 65.3 Å². The number of halogens is 8. The Labute approximate surface area is 557 Å². The molecule has 0 aromatic heterocycles. The molecule has 0 aliphatic carbocycles. The minimum Gasteiger partial charge on any atom is -0.484 e. The molecule has 5 aromatic carbocycles. The number of hydrogen-bond acceptors (Lipinski definition) is 15. The minimum absolute atomic E-state index is 0. The molecule has 6 N–H and O–H groups in total. The quantitative estimate of drug-likeness (QED) is 0.0477. The average molecular weight is 1400 g/mol. The van der Waals surface area contributed by atoms with Gasteiger partial charge in [0.05, 0.1) is 13.2 Å². The van der Waals surface area contributed by atoms with Gasteiger partial charge in [0, 0.05) is 78.5 Å². The Morgan fingerprint density at radius 3 is 1.36 bits per heavy atom. The van der Waals surface area contributed by atoms with Crippen LogP contribution in [0.25, 0.3) is 11.1 Å². The number of nitrogens with two attached hydrogens (primary N) is 2. The summed E-state index contributed by atoms with van der Waals surface area (Å²) in [5.74, 6) is -4.35. The Morgan fingerprint density at radius 1 is 0.604 bits per heavy atom. The van der Waals surface area contributed by atoms with Gasteiger partial charge in [-0.15, -0.1) is 0 Å². The second-order valence-electron chi connectivity index (χ2n) is 22.9. The molecule has 6 aliphatic heterocycles. The Bertz CT molecular complexity index is 3330. The molecule has 0 radical (unpaired) electrons. The van der Waals surface area contributed by atoms with Crippen molar-refractivity contribution in [1.29, 1.82) is 0 Å². The Kier molecular flexibility index (Phi) is 28.2. The fourth-order valence-corrected chi connectivity index (χ4v) is 11.0.